The summed E-state index contributed by atoms with van der Waals surface area (Å²) in [5, 5.41) is 21.3. The van der Waals surface area contributed by atoms with Gasteiger partial charge in [-0.2, -0.15) is 0 Å². The van der Waals surface area contributed by atoms with E-state index in [-0.39, 0.29) is 0 Å². The van der Waals surface area contributed by atoms with Gasteiger partial charge in [-0.15, -0.1) is 10.2 Å². The van der Waals surface area contributed by atoms with Gasteiger partial charge in [0.05, 0.1) is 6.61 Å². The summed E-state index contributed by atoms with van der Waals surface area (Å²) in [6.07, 6.45) is 0.667. The molecule has 1 saturated heterocycles. The third kappa shape index (κ3) is 2.41. The van der Waals surface area contributed by atoms with Crippen molar-refractivity contribution in [1.82, 2.24) is 10.2 Å². The molecule has 1 aromatic heterocycles. The fraction of sp³-hybridized carbons (Fsp3) is 0.714. The van der Waals surface area contributed by atoms with Crippen molar-refractivity contribution in [3.63, 3.8) is 0 Å². The van der Waals surface area contributed by atoms with E-state index in [1.54, 1.807) is 0 Å². The van der Waals surface area contributed by atoms with Crippen molar-refractivity contribution in [2.24, 2.45) is 0 Å². The molecule has 0 amide bonds. The fourth-order valence-corrected chi connectivity index (χ4v) is 2.26. The molecule has 1 atom stereocenters. The van der Waals surface area contributed by atoms with Crippen LogP contribution in [0.4, 0.5) is 5.13 Å². The van der Waals surface area contributed by atoms with Crippen LogP contribution in [0.1, 0.15) is 6.42 Å². The van der Waals surface area contributed by atoms with E-state index in [2.05, 4.69) is 31.4 Å². The van der Waals surface area contributed by atoms with Crippen LogP contribution in [-0.4, -0.2) is 40.7 Å². The summed E-state index contributed by atoms with van der Waals surface area (Å²) in [4.78, 5) is 0. The minimum atomic E-state index is -0.752. The van der Waals surface area contributed by atoms with Crippen molar-refractivity contribution < 1.29 is 9.84 Å². The first-order valence-electron chi connectivity index (χ1n) is 4.21. The number of rotatable bonds is 3. The van der Waals surface area contributed by atoms with Gasteiger partial charge in [0.15, 0.2) is 3.92 Å². The van der Waals surface area contributed by atoms with Crippen LogP contribution in [0.5, 0.6) is 0 Å². The Balaban J connectivity index is 1.87. The van der Waals surface area contributed by atoms with Crippen molar-refractivity contribution in [2.45, 2.75) is 12.0 Å². The second-order valence-corrected chi connectivity index (χ2v) is 5.49. The summed E-state index contributed by atoms with van der Waals surface area (Å²) >= 11 is 4.62. The first-order chi connectivity index (χ1) is 6.68. The Hall–Kier alpha value is -0.240. The summed E-state index contributed by atoms with van der Waals surface area (Å²) in [7, 11) is 0. The zero-order valence-corrected chi connectivity index (χ0v) is 9.77. The second kappa shape index (κ2) is 4.09. The highest BCUT2D eigenvalue weighted by Gasteiger charge is 2.32. The lowest BCUT2D eigenvalue weighted by molar-refractivity contribution is 0.0382. The highest BCUT2D eigenvalue weighted by Crippen LogP contribution is 2.23. The summed E-state index contributed by atoms with van der Waals surface area (Å²) < 4.78 is 5.85. The molecule has 1 aliphatic rings. The number of halogens is 1. The number of ether oxygens (including phenoxy) is 1. The molecule has 0 radical (unpaired) electrons. The average Bonchev–Trinajstić information content (AvgIpc) is 2.73. The minimum absolute atomic E-state index is 0.389. The molecule has 5 nitrogen and oxygen atoms in total. The van der Waals surface area contributed by atoms with Crippen molar-refractivity contribution >= 4 is 32.4 Å². The van der Waals surface area contributed by atoms with Crippen molar-refractivity contribution in [3.05, 3.63) is 3.92 Å². The first-order valence-corrected chi connectivity index (χ1v) is 5.82. The Morgan fingerprint density at radius 1 is 1.64 bits per heavy atom. The quantitative estimate of drug-likeness (QED) is 0.859. The van der Waals surface area contributed by atoms with E-state index in [1.807, 2.05) is 0 Å². The molecule has 0 saturated carbocycles. The number of hydrogen-bond donors (Lipinski definition) is 2. The van der Waals surface area contributed by atoms with E-state index < -0.39 is 5.60 Å². The van der Waals surface area contributed by atoms with Gasteiger partial charge in [0.1, 0.15) is 5.60 Å². The summed E-state index contributed by atoms with van der Waals surface area (Å²) in [6, 6.07) is 0. The van der Waals surface area contributed by atoms with Crippen LogP contribution in [-0.2, 0) is 4.74 Å². The molecule has 2 N–H and O–H groups in total. The molecule has 7 heteroatoms. The molecule has 1 aliphatic heterocycles. The van der Waals surface area contributed by atoms with Crippen LogP contribution in [0.25, 0.3) is 0 Å². The van der Waals surface area contributed by atoms with E-state index in [0.717, 1.165) is 3.92 Å². The standard InChI is InChI=1S/C7H10BrN3O2S/c8-5-10-11-6(14-5)9-3-7(12)1-2-13-4-7/h12H,1-4H2,(H,9,11). The molecule has 2 heterocycles. The van der Waals surface area contributed by atoms with Gasteiger partial charge in [-0.05, 0) is 15.9 Å². The predicted molar refractivity (Wildman–Crippen MR) is 56.5 cm³/mol. The average molecular weight is 280 g/mol. The molecular weight excluding hydrogens is 270 g/mol. The lowest BCUT2D eigenvalue weighted by atomic mass is 10.0. The Kier molecular flexibility index (Phi) is 3.01. The van der Waals surface area contributed by atoms with Crippen molar-refractivity contribution in [2.75, 3.05) is 25.1 Å². The molecule has 1 unspecified atom stereocenters. The van der Waals surface area contributed by atoms with Gasteiger partial charge in [-0.25, -0.2) is 0 Å². The maximum atomic E-state index is 9.92. The van der Waals surface area contributed by atoms with Gasteiger partial charge in [0, 0.05) is 19.6 Å². The summed E-state index contributed by atoms with van der Waals surface area (Å²) in [5.74, 6) is 0. The van der Waals surface area contributed by atoms with E-state index in [4.69, 9.17) is 4.74 Å². The molecule has 14 heavy (non-hydrogen) atoms. The SMILES string of the molecule is OC1(CNc2nnc(Br)s2)CCOC1. The number of hydrogen-bond acceptors (Lipinski definition) is 6. The Morgan fingerprint density at radius 3 is 3.07 bits per heavy atom. The predicted octanol–water partition coefficient (Wildman–Crippen LogP) is 0.864. The largest absolute Gasteiger partial charge is 0.386 e. The van der Waals surface area contributed by atoms with Gasteiger partial charge < -0.3 is 15.2 Å². The third-order valence-corrected chi connectivity index (χ3v) is 3.37. The monoisotopic (exact) mass is 279 g/mol. The molecule has 78 valence electrons. The second-order valence-electron chi connectivity index (χ2n) is 3.24. The van der Waals surface area contributed by atoms with E-state index in [9.17, 15) is 5.11 Å². The highest BCUT2D eigenvalue weighted by atomic mass is 79.9. The van der Waals surface area contributed by atoms with E-state index in [0.29, 0.717) is 31.3 Å². The summed E-state index contributed by atoms with van der Waals surface area (Å²) in [5.41, 5.74) is -0.752. The molecule has 0 spiro atoms. The van der Waals surface area contributed by atoms with Crippen LogP contribution in [0.2, 0.25) is 0 Å². The Morgan fingerprint density at radius 2 is 2.50 bits per heavy atom. The number of anilines is 1. The molecule has 0 aromatic carbocycles. The number of nitrogens with one attached hydrogen (secondary N) is 1. The lowest BCUT2D eigenvalue weighted by Crippen LogP contribution is -2.37. The molecule has 0 bridgehead atoms. The maximum absolute atomic E-state index is 9.92. The van der Waals surface area contributed by atoms with Crippen molar-refractivity contribution in [1.29, 1.82) is 0 Å². The Bertz CT molecular complexity index is 314. The van der Waals surface area contributed by atoms with Crippen LogP contribution >= 0.6 is 27.3 Å². The molecular formula is C7H10BrN3O2S. The van der Waals surface area contributed by atoms with Crippen LogP contribution in [0.3, 0.4) is 0 Å². The van der Waals surface area contributed by atoms with E-state index >= 15 is 0 Å². The van der Waals surface area contributed by atoms with Gasteiger partial charge >= 0.3 is 0 Å². The molecule has 0 aliphatic carbocycles. The smallest absolute Gasteiger partial charge is 0.206 e. The van der Waals surface area contributed by atoms with Gasteiger partial charge in [-0.1, -0.05) is 11.3 Å². The zero-order valence-electron chi connectivity index (χ0n) is 7.36. The minimum Gasteiger partial charge on any atom is -0.386 e. The molecule has 1 aromatic rings. The molecule has 1 fully saturated rings. The first kappa shape index (κ1) is 10.3. The molecule has 2 rings (SSSR count). The number of nitrogens with zero attached hydrogens (tertiary/aromatic N) is 2. The number of aromatic nitrogens is 2. The number of aliphatic hydroxyl groups is 1. The van der Waals surface area contributed by atoms with Gasteiger partial charge in [0.25, 0.3) is 0 Å². The highest BCUT2D eigenvalue weighted by molar-refractivity contribution is 9.11. The lowest BCUT2D eigenvalue weighted by Gasteiger charge is -2.19. The van der Waals surface area contributed by atoms with Gasteiger partial charge in [0.2, 0.25) is 5.13 Å². The van der Waals surface area contributed by atoms with E-state index in [1.165, 1.54) is 11.3 Å². The summed E-state index contributed by atoms with van der Waals surface area (Å²) in [6.45, 7) is 1.46. The maximum Gasteiger partial charge on any atom is 0.206 e. The van der Waals surface area contributed by atoms with Crippen LogP contribution < -0.4 is 5.32 Å². The zero-order chi connectivity index (χ0) is 10.0. The Labute approximate surface area is 93.6 Å². The van der Waals surface area contributed by atoms with Crippen LogP contribution in [0.15, 0.2) is 3.92 Å². The topological polar surface area (TPSA) is 67.3 Å². The normalized spacial score (nSPS) is 26.7. The van der Waals surface area contributed by atoms with Crippen LogP contribution in [0, 0.1) is 0 Å². The fourth-order valence-electron chi connectivity index (χ4n) is 1.25. The third-order valence-electron chi connectivity index (χ3n) is 2.05. The van der Waals surface area contributed by atoms with Crippen molar-refractivity contribution in [3.8, 4) is 0 Å². The van der Waals surface area contributed by atoms with Gasteiger partial charge in [-0.3, -0.25) is 0 Å².